The lowest BCUT2D eigenvalue weighted by molar-refractivity contribution is 0.624. The Labute approximate surface area is 97.2 Å². The summed E-state index contributed by atoms with van der Waals surface area (Å²) in [5.41, 5.74) is 4.02. The topological polar surface area (TPSA) is 0 Å². The highest BCUT2D eigenvalue weighted by atomic mass is 19.1. The van der Waals surface area contributed by atoms with E-state index in [0.29, 0.717) is 0 Å². The highest BCUT2D eigenvalue weighted by molar-refractivity contribution is 5.37. The lowest BCUT2D eigenvalue weighted by Gasteiger charge is -2.17. The molecule has 0 heterocycles. The summed E-state index contributed by atoms with van der Waals surface area (Å²) >= 11 is 0. The third-order valence-electron chi connectivity index (χ3n) is 3.30. The number of halogens is 1. The fourth-order valence-corrected chi connectivity index (χ4v) is 2.32. The van der Waals surface area contributed by atoms with E-state index in [1.165, 1.54) is 42.4 Å². The lowest BCUT2D eigenvalue weighted by Crippen LogP contribution is -2.03. The molecule has 0 aromatic heterocycles. The Bertz CT molecular complexity index is 390. The Morgan fingerprint density at radius 3 is 2.88 bits per heavy atom. The van der Waals surface area contributed by atoms with Crippen LogP contribution in [0.25, 0.3) is 0 Å². The van der Waals surface area contributed by atoms with E-state index >= 15 is 0 Å². The Morgan fingerprint density at radius 1 is 1.19 bits per heavy atom. The number of allylic oxidation sites excluding steroid dienone is 2. The van der Waals surface area contributed by atoms with Gasteiger partial charge in [0.2, 0.25) is 0 Å². The van der Waals surface area contributed by atoms with Crippen molar-refractivity contribution in [1.82, 2.24) is 0 Å². The molecule has 1 aliphatic carbocycles. The molecule has 0 N–H and O–H groups in total. The molecule has 1 aromatic rings. The van der Waals surface area contributed by atoms with Gasteiger partial charge in [0.05, 0.1) is 0 Å². The molecule has 1 aromatic carbocycles. The standard InChI is InChI=1S/C15H19F/c1-2-3-4-5-12-6-7-14-11-15(16)9-8-13(14)10-12/h6,8-9,11H,2-5,7,10H2,1H3. The molecule has 0 saturated heterocycles. The molecular weight excluding hydrogens is 199 g/mol. The maximum atomic E-state index is 13.0. The van der Waals surface area contributed by atoms with Crippen LogP contribution in [0.3, 0.4) is 0 Å². The van der Waals surface area contributed by atoms with Crippen LogP contribution < -0.4 is 0 Å². The third kappa shape index (κ3) is 2.72. The van der Waals surface area contributed by atoms with Crippen LogP contribution in [0.15, 0.2) is 29.8 Å². The predicted octanol–water partition coefficient (Wildman–Crippen LogP) is 4.43. The van der Waals surface area contributed by atoms with Crippen LogP contribution in [0.1, 0.15) is 43.7 Å². The van der Waals surface area contributed by atoms with E-state index < -0.39 is 0 Å². The van der Waals surface area contributed by atoms with Crippen LogP contribution >= 0.6 is 0 Å². The minimum atomic E-state index is -0.110. The van der Waals surface area contributed by atoms with Crippen molar-refractivity contribution in [3.8, 4) is 0 Å². The number of fused-ring (bicyclic) bond motifs is 1. The highest BCUT2D eigenvalue weighted by Crippen LogP contribution is 2.24. The van der Waals surface area contributed by atoms with Crippen molar-refractivity contribution in [2.45, 2.75) is 45.4 Å². The maximum Gasteiger partial charge on any atom is 0.123 e. The zero-order valence-electron chi connectivity index (χ0n) is 9.93. The normalized spacial score (nSPS) is 14.5. The van der Waals surface area contributed by atoms with Gasteiger partial charge in [0.1, 0.15) is 5.82 Å². The molecule has 2 rings (SSSR count). The number of rotatable bonds is 4. The number of benzene rings is 1. The van der Waals surface area contributed by atoms with Crippen molar-refractivity contribution >= 4 is 0 Å². The van der Waals surface area contributed by atoms with Gasteiger partial charge in [-0.3, -0.25) is 0 Å². The van der Waals surface area contributed by atoms with E-state index in [9.17, 15) is 4.39 Å². The van der Waals surface area contributed by atoms with Crippen molar-refractivity contribution in [3.05, 3.63) is 46.8 Å². The minimum absolute atomic E-state index is 0.110. The van der Waals surface area contributed by atoms with Crippen LogP contribution in [0, 0.1) is 5.82 Å². The van der Waals surface area contributed by atoms with E-state index in [-0.39, 0.29) is 5.82 Å². The average Bonchev–Trinajstić information content (AvgIpc) is 2.29. The van der Waals surface area contributed by atoms with Gasteiger partial charge in [0.15, 0.2) is 0 Å². The van der Waals surface area contributed by atoms with Crippen LogP contribution in [0.5, 0.6) is 0 Å². The molecule has 1 aliphatic rings. The molecule has 0 nitrogen and oxygen atoms in total. The molecule has 0 fully saturated rings. The Kier molecular flexibility index (Phi) is 3.76. The predicted molar refractivity (Wildman–Crippen MR) is 66.0 cm³/mol. The molecule has 16 heavy (non-hydrogen) atoms. The third-order valence-corrected chi connectivity index (χ3v) is 3.30. The first-order chi connectivity index (χ1) is 7.79. The van der Waals surface area contributed by atoms with Crippen molar-refractivity contribution < 1.29 is 4.39 Å². The molecule has 0 bridgehead atoms. The van der Waals surface area contributed by atoms with Crippen molar-refractivity contribution in [3.63, 3.8) is 0 Å². The molecule has 86 valence electrons. The first-order valence-electron chi connectivity index (χ1n) is 6.25. The van der Waals surface area contributed by atoms with E-state index in [1.54, 1.807) is 12.1 Å². The van der Waals surface area contributed by atoms with Crippen LogP contribution in [-0.4, -0.2) is 0 Å². The molecule has 0 atom stereocenters. The largest absolute Gasteiger partial charge is 0.207 e. The van der Waals surface area contributed by atoms with Gasteiger partial charge in [-0.2, -0.15) is 0 Å². The second-order valence-electron chi connectivity index (χ2n) is 4.61. The molecule has 0 radical (unpaired) electrons. The minimum Gasteiger partial charge on any atom is -0.207 e. The molecule has 0 saturated carbocycles. The molecule has 0 amide bonds. The van der Waals surface area contributed by atoms with E-state index in [1.807, 2.05) is 6.07 Å². The fraction of sp³-hybridized carbons (Fsp3) is 0.467. The van der Waals surface area contributed by atoms with Crippen LogP contribution in [0.4, 0.5) is 4.39 Å². The lowest BCUT2D eigenvalue weighted by atomic mass is 9.89. The number of hydrogen-bond acceptors (Lipinski definition) is 0. The first kappa shape index (κ1) is 11.4. The second-order valence-corrected chi connectivity index (χ2v) is 4.61. The Balaban J connectivity index is 1.99. The van der Waals surface area contributed by atoms with Crippen molar-refractivity contribution in [2.75, 3.05) is 0 Å². The summed E-state index contributed by atoms with van der Waals surface area (Å²) in [5.74, 6) is -0.110. The van der Waals surface area contributed by atoms with Gasteiger partial charge in [-0.05, 0) is 48.9 Å². The summed E-state index contributed by atoms with van der Waals surface area (Å²) in [5, 5.41) is 0. The van der Waals surface area contributed by atoms with Gasteiger partial charge in [0, 0.05) is 0 Å². The second kappa shape index (κ2) is 5.29. The van der Waals surface area contributed by atoms with Crippen LogP contribution in [-0.2, 0) is 12.8 Å². The molecule has 1 heteroatoms. The van der Waals surface area contributed by atoms with Crippen LogP contribution in [0.2, 0.25) is 0 Å². The quantitative estimate of drug-likeness (QED) is 0.518. The SMILES string of the molecule is CCCCCC1=CCc2cc(F)ccc2C1. The summed E-state index contributed by atoms with van der Waals surface area (Å²) < 4.78 is 13.0. The summed E-state index contributed by atoms with van der Waals surface area (Å²) in [6.07, 6.45) is 9.32. The van der Waals surface area contributed by atoms with Gasteiger partial charge >= 0.3 is 0 Å². The first-order valence-corrected chi connectivity index (χ1v) is 6.25. The summed E-state index contributed by atoms with van der Waals surface area (Å²) in [7, 11) is 0. The Morgan fingerprint density at radius 2 is 2.06 bits per heavy atom. The summed E-state index contributed by atoms with van der Waals surface area (Å²) in [6, 6.07) is 5.19. The fourth-order valence-electron chi connectivity index (χ4n) is 2.32. The summed E-state index contributed by atoms with van der Waals surface area (Å²) in [4.78, 5) is 0. The zero-order chi connectivity index (χ0) is 11.4. The smallest absolute Gasteiger partial charge is 0.123 e. The maximum absolute atomic E-state index is 13.0. The monoisotopic (exact) mass is 218 g/mol. The summed E-state index contributed by atoms with van der Waals surface area (Å²) in [6.45, 7) is 2.23. The van der Waals surface area contributed by atoms with Crippen molar-refractivity contribution in [2.24, 2.45) is 0 Å². The molecular formula is C15H19F. The van der Waals surface area contributed by atoms with Gasteiger partial charge in [-0.25, -0.2) is 4.39 Å². The Hall–Kier alpha value is -1.11. The van der Waals surface area contributed by atoms with Crippen molar-refractivity contribution in [1.29, 1.82) is 0 Å². The van der Waals surface area contributed by atoms with Gasteiger partial charge in [-0.1, -0.05) is 37.5 Å². The molecule has 0 aliphatic heterocycles. The van der Waals surface area contributed by atoms with E-state index in [4.69, 9.17) is 0 Å². The van der Waals surface area contributed by atoms with Gasteiger partial charge in [-0.15, -0.1) is 0 Å². The van der Waals surface area contributed by atoms with Gasteiger partial charge in [0.25, 0.3) is 0 Å². The molecule has 0 spiro atoms. The molecule has 0 unspecified atom stereocenters. The average molecular weight is 218 g/mol. The van der Waals surface area contributed by atoms with E-state index in [2.05, 4.69) is 13.0 Å². The highest BCUT2D eigenvalue weighted by Gasteiger charge is 2.11. The van der Waals surface area contributed by atoms with Gasteiger partial charge < -0.3 is 0 Å². The van der Waals surface area contributed by atoms with E-state index in [0.717, 1.165) is 12.8 Å². The number of hydrogen-bond donors (Lipinski definition) is 0. The zero-order valence-corrected chi connectivity index (χ0v) is 9.93. The number of unbranched alkanes of at least 4 members (excludes halogenated alkanes) is 2.